The highest BCUT2D eigenvalue weighted by molar-refractivity contribution is 5.67. The molecule has 0 spiro atoms. The molecule has 0 saturated heterocycles. The van der Waals surface area contributed by atoms with Gasteiger partial charge < -0.3 is 20.4 Å². The van der Waals surface area contributed by atoms with Gasteiger partial charge in [-0.05, 0) is 91.3 Å². The van der Waals surface area contributed by atoms with Crippen molar-refractivity contribution in [3.63, 3.8) is 0 Å². The highest BCUT2D eigenvalue weighted by atomic mass is 16.4. The van der Waals surface area contributed by atoms with Crippen LogP contribution in [0.3, 0.4) is 0 Å². The van der Waals surface area contributed by atoms with Crippen LogP contribution < -0.4 is 0 Å². The molecular weight excluding hydrogens is 356 g/mol. The predicted octanol–water partition coefficient (Wildman–Crippen LogP) is 3.06. The maximum absolute atomic E-state index is 11.4. The van der Waals surface area contributed by atoms with Gasteiger partial charge in [-0.15, -0.1) is 0 Å². The van der Waals surface area contributed by atoms with Crippen LogP contribution in [-0.4, -0.2) is 44.7 Å². The van der Waals surface area contributed by atoms with Crippen LogP contribution in [0.4, 0.5) is 0 Å². The molecule has 160 valence electrons. The average molecular weight is 395 g/mol. The molecule has 4 aliphatic carbocycles. The van der Waals surface area contributed by atoms with Gasteiger partial charge in [0.25, 0.3) is 0 Å². The van der Waals surface area contributed by atoms with Crippen molar-refractivity contribution in [2.24, 2.45) is 46.3 Å². The lowest BCUT2D eigenvalue weighted by molar-refractivity contribution is -0.207. The van der Waals surface area contributed by atoms with Gasteiger partial charge >= 0.3 is 5.97 Å². The number of aliphatic hydroxyl groups excluding tert-OH is 3. The smallest absolute Gasteiger partial charge is 0.303 e. The molecule has 6 unspecified atom stereocenters. The molecule has 11 atom stereocenters. The van der Waals surface area contributed by atoms with E-state index in [1.807, 2.05) is 6.92 Å². The fraction of sp³-hybridized carbons (Fsp3) is 0.957. The lowest BCUT2D eigenvalue weighted by atomic mass is 9.43. The summed E-state index contributed by atoms with van der Waals surface area (Å²) in [6.07, 6.45) is 5.02. The maximum atomic E-state index is 11.4. The summed E-state index contributed by atoms with van der Waals surface area (Å²) in [5.41, 5.74) is -0.232. The Bertz CT molecular complexity index is 622. The second kappa shape index (κ2) is 6.95. The van der Waals surface area contributed by atoms with E-state index in [0.717, 1.165) is 38.5 Å². The van der Waals surface area contributed by atoms with E-state index in [0.29, 0.717) is 12.3 Å². The van der Waals surface area contributed by atoms with Crippen LogP contribution >= 0.6 is 0 Å². The second-order valence-corrected chi connectivity index (χ2v) is 11.1. The Labute approximate surface area is 168 Å². The first-order chi connectivity index (χ1) is 13.1. The van der Waals surface area contributed by atoms with Crippen molar-refractivity contribution in [2.75, 3.05) is 0 Å². The molecule has 4 saturated carbocycles. The van der Waals surface area contributed by atoms with Gasteiger partial charge in [0.15, 0.2) is 0 Å². The standard InChI is InChI=1S/C23H38O5/c1-12(8-20(27)28)15-4-5-16-21-17(11-19(26)23(15,16)3)22(2)7-6-14(24)9-13(22)10-18(21)25/h12-19,21,24-26H,4-11H2,1-3H3,(H,27,28)/t12?,13?,14-,15-,16?,17?,18?,19+,21?,22+,23-/m1/s1. The molecule has 4 aliphatic rings. The van der Waals surface area contributed by atoms with Crippen LogP contribution in [0.1, 0.15) is 72.1 Å². The van der Waals surface area contributed by atoms with E-state index in [2.05, 4.69) is 13.8 Å². The average Bonchev–Trinajstić information content (AvgIpc) is 2.95. The molecule has 4 N–H and O–H groups in total. The van der Waals surface area contributed by atoms with Gasteiger partial charge in [0.05, 0.1) is 18.3 Å². The van der Waals surface area contributed by atoms with Crippen molar-refractivity contribution >= 4 is 5.97 Å². The van der Waals surface area contributed by atoms with Crippen molar-refractivity contribution in [1.29, 1.82) is 0 Å². The minimum Gasteiger partial charge on any atom is -0.481 e. The summed E-state index contributed by atoms with van der Waals surface area (Å²) in [6.45, 7) is 6.52. The SMILES string of the molecule is CC(CC(=O)O)[C@H]1CCC2C3C(O)CC4C[C@H](O)CC[C@]4(C)C3C[C@H](O)[C@@]21C. The number of rotatable bonds is 3. The van der Waals surface area contributed by atoms with Crippen molar-refractivity contribution < 1.29 is 25.2 Å². The van der Waals surface area contributed by atoms with Crippen LogP contribution in [0.15, 0.2) is 0 Å². The molecule has 28 heavy (non-hydrogen) atoms. The number of carbonyl (C=O) groups is 1. The number of carboxylic acid groups (broad SMARTS) is 1. The van der Waals surface area contributed by atoms with E-state index in [-0.39, 0.29) is 59.0 Å². The lowest BCUT2D eigenvalue weighted by Crippen LogP contribution is -2.62. The summed E-state index contributed by atoms with van der Waals surface area (Å²) in [4.78, 5) is 11.3. The minimum atomic E-state index is -0.767. The van der Waals surface area contributed by atoms with Gasteiger partial charge in [-0.3, -0.25) is 4.79 Å². The topological polar surface area (TPSA) is 98.0 Å². The first-order valence-electron chi connectivity index (χ1n) is 11.3. The molecule has 0 heterocycles. The Morgan fingerprint density at radius 1 is 1.04 bits per heavy atom. The van der Waals surface area contributed by atoms with Gasteiger partial charge in [-0.1, -0.05) is 20.8 Å². The van der Waals surface area contributed by atoms with E-state index in [9.17, 15) is 25.2 Å². The van der Waals surface area contributed by atoms with E-state index >= 15 is 0 Å². The predicted molar refractivity (Wildman–Crippen MR) is 105 cm³/mol. The molecule has 4 fully saturated rings. The summed E-state index contributed by atoms with van der Waals surface area (Å²) in [5, 5.41) is 42.1. The van der Waals surface area contributed by atoms with E-state index < -0.39 is 12.1 Å². The fourth-order valence-corrected chi connectivity index (χ4v) is 8.55. The van der Waals surface area contributed by atoms with Crippen LogP contribution in [0.25, 0.3) is 0 Å². The third kappa shape index (κ3) is 2.87. The molecule has 0 bridgehead atoms. The molecule has 0 aromatic heterocycles. The van der Waals surface area contributed by atoms with Crippen molar-refractivity contribution in [3.8, 4) is 0 Å². The van der Waals surface area contributed by atoms with Crippen molar-refractivity contribution in [2.45, 2.75) is 90.4 Å². The molecule has 0 radical (unpaired) electrons. The van der Waals surface area contributed by atoms with E-state index in [1.54, 1.807) is 0 Å². The first-order valence-corrected chi connectivity index (χ1v) is 11.3. The number of hydrogen-bond donors (Lipinski definition) is 4. The molecular formula is C23H38O5. The highest BCUT2D eigenvalue weighted by Crippen LogP contribution is 2.68. The van der Waals surface area contributed by atoms with Crippen molar-refractivity contribution in [3.05, 3.63) is 0 Å². The number of carboxylic acids is 1. The Kier molecular flexibility index (Phi) is 5.12. The van der Waals surface area contributed by atoms with Crippen LogP contribution in [-0.2, 0) is 4.79 Å². The molecule has 0 aliphatic heterocycles. The van der Waals surface area contributed by atoms with Crippen LogP contribution in [0.5, 0.6) is 0 Å². The lowest BCUT2D eigenvalue weighted by Gasteiger charge is -2.63. The summed E-state index contributed by atoms with van der Waals surface area (Å²) < 4.78 is 0. The molecule has 4 rings (SSSR count). The van der Waals surface area contributed by atoms with Gasteiger partial charge in [-0.25, -0.2) is 0 Å². The Morgan fingerprint density at radius 3 is 2.43 bits per heavy atom. The number of fused-ring (bicyclic) bond motifs is 5. The van der Waals surface area contributed by atoms with Crippen molar-refractivity contribution in [1.82, 2.24) is 0 Å². The molecule has 5 heteroatoms. The maximum Gasteiger partial charge on any atom is 0.303 e. The summed E-state index contributed by atoms with van der Waals surface area (Å²) in [7, 11) is 0. The van der Waals surface area contributed by atoms with Gasteiger partial charge in [0.1, 0.15) is 0 Å². The minimum absolute atomic E-state index is 0.0348. The van der Waals surface area contributed by atoms with Crippen LogP contribution in [0, 0.1) is 46.3 Å². The van der Waals surface area contributed by atoms with Gasteiger partial charge in [-0.2, -0.15) is 0 Å². The van der Waals surface area contributed by atoms with E-state index in [1.165, 1.54) is 0 Å². The molecule has 0 amide bonds. The molecule has 0 aromatic carbocycles. The largest absolute Gasteiger partial charge is 0.481 e. The first kappa shape index (κ1) is 20.6. The third-order valence-corrected chi connectivity index (χ3v) is 10.0. The monoisotopic (exact) mass is 394 g/mol. The zero-order valence-electron chi connectivity index (χ0n) is 17.6. The normalized spacial score (nSPS) is 54.4. The van der Waals surface area contributed by atoms with Gasteiger partial charge in [0, 0.05) is 6.42 Å². The summed E-state index contributed by atoms with van der Waals surface area (Å²) in [5.74, 6) is 0.510. The number of aliphatic hydroxyl groups is 3. The summed E-state index contributed by atoms with van der Waals surface area (Å²) >= 11 is 0. The third-order valence-electron chi connectivity index (χ3n) is 10.0. The second-order valence-electron chi connectivity index (χ2n) is 11.1. The Balaban J connectivity index is 1.65. The summed E-state index contributed by atoms with van der Waals surface area (Å²) in [6, 6.07) is 0. The Morgan fingerprint density at radius 2 is 1.75 bits per heavy atom. The fourth-order valence-electron chi connectivity index (χ4n) is 8.55. The number of aliphatic carboxylic acids is 1. The van der Waals surface area contributed by atoms with Crippen LogP contribution in [0.2, 0.25) is 0 Å². The zero-order chi connectivity index (χ0) is 20.4. The van der Waals surface area contributed by atoms with Gasteiger partial charge in [0.2, 0.25) is 0 Å². The molecule has 5 nitrogen and oxygen atoms in total. The van der Waals surface area contributed by atoms with E-state index in [4.69, 9.17) is 0 Å². The Hall–Kier alpha value is -0.650. The highest BCUT2D eigenvalue weighted by Gasteiger charge is 2.65. The zero-order valence-corrected chi connectivity index (χ0v) is 17.6. The number of hydrogen-bond acceptors (Lipinski definition) is 4. The molecule has 0 aromatic rings. The quantitative estimate of drug-likeness (QED) is 0.590.